The smallest absolute Gasteiger partial charge is 0.253 e. The number of para-hydroxylation sites is 1. The number of aromatic nitrogens is 1. The van der Waals surface area contributed by atoms with Crippen LogP contribution in [-0.4, -0.2) is 22.8 Å². The summed E-state index contributed by atoms with van der Waals surface area (Å²) in [4.78, 5) is 16.9. The first-order chi connectivity index (χ1) is 10.2. The maximum atomic E-state index is 12.5. The number of alkyl halides is 1. The number of hydrogen-bond acceptors (Lipinski definition) is 2. The molecule has 1 aromatic carbocycles. The minimum Gasteiger partial charge on any atom is -0.351 e. The van der Waals surface area contributed by atoms with E-state index in [0.29, 0.717) is 5.56 Å². The monoisotopic (exact) mass is 346 g/mol. The van der Waals surface area contributed by atoms with Gasteiger partial charge in [0.2, 0.25) is 0 Å². The second-order valence-corrected chi connectivity index (χ2v) is 6.46. The van der Waals surface area contributed by atoms with Crippen LogP contribution in [-0.2, 0) is 0 Å². The van der Waals surface area contributed by atoms with Crippen LogP contribution in [0.4, 0.5) is 0 Å². The van der Waals surface area contributed by atoms with Crippen molar-refractivity contribution in [2.45, 2.75) is 25.7 Å². The highest BCUT2D eigenvalue weighted by Gasteiger charge is 2.33. The predicted molar refractivity (Wildman–Crippen MR) is 88.8 cm³/mol. The Morgan fingerprint density at radius 3 is 2.76 bits per heavy atom. The van der Waals surface area contributed by atoms with Crippen molar-refractivity contribution in [3.63, 3.8) is 0 Å². The Hall–Kier alpha value is -1.42. The molecule has 3 rings (SSSR count). The van der Waals surface area contributed by atoms with E-state index in [4.69, 9.17) is 0 Å². The van der Waals surface area contributed by atoms with Gasteiger partial charge in [0.25, 0.3) is 5.91 Å². The van der Waals surface area contributed by atoms with Crippen molar-refractivity contribution in [3.05, 3.63) is 42.1 Å². The molecule has 21 heavy (non-hydrogen) atoms. The fourth-order valence-corrected chi connectivity index (χ4v) is 3.89. The zero-order chi connectivity index (χ0) is 14.7. The van der Waals surface area contributed by atoms with Crippen LogP contribution in [0.5, 0.6) is 0 Å². The minimum absolute atomic E-state index is 0.0217. The molecular formula is C17H19BrN2O. The molecule has 0 bridgehead atoms. The SMILES string of the molecule is O=C(NCC1(CBr)CCCC1)c1cccc2cccnc12. The second-order valence-electron chi connectivity index (χ2n) is 5.90. The lowest BCUT2D eigenvalue weighted by Gasteiger charge is -2.26. The molecule has 4 heteroatoms. The molecule has 0 aliphatic heterocycles. The summed E-state index contributed by atoms with van der Waals surface area (Å²) in [6, 6.07) is 9.61. The van der Waals surface area contributed by atoms with E-state index in [9.17, 15) is 4.79 Å². The topological polar surface area (TPSA) is 42.0 Å². The lowest BCUT2D eigenvalue weighted by atomic mass is 9.88. The number of carbonyl (C=O) groups excluding carboxylic acids is 1. The number of benzene rings is 1. The van der Waals surface area contributed by atoms with Crippen molar-refractivity contribution in [2.24, 2.45) is 5.41 Å². The van der Waals surface area contributed by atoms with Crippen LogP contribution in [0.3, 0.4) is 0 Å². The minimum atomic E-state index is -0.0217. The molecule has 1 heterocycles. The molecular weight excluding hydrogens is 328 g/mol. The highest BCUT2D eigenvalue weighted by atomic mass is 79.9. The van der Waals surface area contributed by atoms with E-state index in [1.165, 1.54) is 25.7 Å². The lowest BCUT2D eigenvalue weighted by molar-refractivity contribution is 0.0937. The van der Waals surface area contributed by atoms with Crippen LogP contribution >= 0.6 is 15.9 Å². The summed E-state index contributed by atoms with van der Waals surface area (Å²) in [7, 11) is 0. The third kappa shape index (κ3) is 2.95. The van der Waals surface area contributed by atoms with E-state index < -0.39 is 0 Å². The predicted octanol–water partition coefficient (Wildman–Crippen LogP) is 3.92. The number of fused-ring (bicyclic) bond motifs is 1. The first-order valence-electron chi connectivity index (χ1n) is 7.42. The first kappa shape index (κ1) is 14.5. The average molecular weight is 347 g/mol. The maximum Gasteiger partial charge on any atom is 0.253 e. The van der Waals surface area contributed by atoms with Crippen molar-refractivity contribution in [1.82, 2.24) is 10.3 Å². The maximum absolute atomic E-state index is 12.5. The fourth-order valence-electron chi connectivity index (χ4n) is 3.13. The summed E-state index contributed by atoms with van der Waals surface area (Å²) in [5.74, 6) is -0.0217. The van der Waals surface area contributed by atoms with Gasteiger partial charge in [-0.2, -0.15) is 0 Å². The van der Waals surface area contributed by atoms with Gasteiger partial charge in [0.1, 0.15) is 0 Å². The molecule has 0 saturated heterocycles. The van der Waals surface area contributed by atoms with E-state index in [0.717, 1.165) is 22.8 Å². The summed E-state index contributed by atoms with van der Waals surface area (Å²) in [6.07, 6.45) is 6.63. The van der Waals surface area contributed by atoms with E-state index in [2.05, 4.69) is 26.2 Å². The molecule has 0 atom stereocenters. The molecule has 3 nitrogen and oxygen atoms in total. The van der Waals surface area contributed by atoms with Crippen molar-refractivity contribution >= 4 is 32.7 Å². The molecule has 1 aromatic heterocycles. The highest BCUT2D eigenvalue weighted by molar-refractivity contribution is 9.09. The molecule has 1 fully saturated rings. The van der Waals surface area contributed by atoms with Crippen LogP contribution in [0.2, 0.25) is 0 Å². The number of carbonyl (C=O) groups is 1. The number of hydrogen-bond donors (Lipinski definition) is 1. The standard InChI is InChI=1S/C17H19BrN2O/c18-11-17(8-1-2-9-17)12-20-16(21)14-7-3-5-13-6-4-10-19-15(13)14/h3-7,10H,1-2,8-9,11-12H2,(H,20,21). The summed E-state index contributed by atoms with van der Waals surface area (Å²) < 4.78 is 0. The Morgan fingerprint density at radius 1 is 1.24 bits per heavy atom. The molecule has 1 amide bonds. The molecule has 0 radical (unpaired) electrons. The van der Waals surface area contributed by atoms with Crippen molar-refractivity contribution < 1.29 is 4.79 Å². The van der Waals surface area contributed by atoms with Crippen molar-refractivity contribution in [2.75, 3.05) is 11.9 Å². The Labute approximate surface area is 133 Å². The molecule has 0 spiro atoms. The van der Waals surface area contributed by atoms with Gasteiger partial charge in [-0.25, -0.2) is 0 Å². The normalized spacial score (nSPS) is 17.0. The van der Waals surface area contributed by atoms with Gasteiger partial charge in [-0.3, -0.25) is 9.78 Å². The van der Waals surface area contributed by atoms with Crippen LogP contribution < -0.4 is 5.32 Å². The number of rotatable bonds is 4. The molecule has 1 aliphatic carbocycles. The van der Waals surface area contributed by atoms with E-state index in [1.807, 2.05) is 30.3 Å². The Kier molecular flexibility index (Phi) is 4.24. The molecule has 2 aromatic rings. The van der Waals surface area contributed by atoms with Gasteiger partial charge in [0, 0.05) is 23.5 Å². The van der Waals surface area contributed by atoms with Gasteiger partial charge >= 0.3 is 0 Å². The van der Waals surface area contributed by atoms with Crippen molar-refractivity contribution in [1.29, 1.82) is 0 Å². The lowest BCUT2D eigenvalue weighted by Crippen LogP contribution is -2.37. The van der Waals surface area contributed by atoms with Crippen LogP contribution in [0, 0.1) is 5.41 Å². The molecule has 1 saturated carbocycles. The van der Waals surface area contributed by atoms with Crippen LogP contribution in [0.1, 0.15) is 36.0 Å². The van der Waals surface area contributed by atoms with Crippen molar-refractivity contribution in [3.8, 4) is 0 Å². The van der Waals surface area contributed by atoms with E-state index in [-0.39, 0.29) is 11.3 Å². The van der Waals surface area contributed by atoms with Gasteiger partial charge in [-0.05, 0) is 30.4 Å². The molecule has 110 valence electrons. The van der Waals surface area contributed by atoms with Gasteiger partial charge in [0.05, 0.1) is 11.1 Å². The van der Waals surface area contributed by atoms with E-state index in [1.54, 1.807) is 6.20 Å². The van der Waals surface area contributed by atoms with Gasteiger partial charge in [-0.1, -0.05) is 47.0 Å². The highest BCUT2D eigenvalue weighted by Crippen LogP contribution is 2.39. The Bertz CT molecular complexity index is 645. The molecule has 1 aliphatic rings. The Morgan fingerprint density at radius 2 is 2.00 bits per heavy atom. The molecule has 1 N–H and O–H groups in total. The number of nitrogens with one attached hydrogen (secondary N) is 1. The number of halogens is 1. The van der Waals surface area contributed by atoms with Crippen LogP contribution in [0.15, 0.2) is 36.5 Å². The largest absolute Gasteiger partial charge is 0.351 e. The number of amides is 1. The fraction of sp³-hybridized carbons (Fsp3) is 0.412. The summed E-state index contributed by atoms with van der Waals surface area (Å²) in [6.45, 7) is 0.736. The zero-order valence-electron chi connectivity index (χ0n) is 11.9. The van der Waals surface area contributed by atoms with Gasteiger partial charge in [-0.15, -0.1) is 0 Å². The number of nitrogens with zero attached hydrogens (tertiary/aromatic N) is 1. The van der Waals surface area contributed by atoms with Gasteiger partial charge in [0.15, 0.2) is 0 Å². The average Bonchev–Trinajstić information content (AvgIpc) is 3.01. The Balaban J connectivity index is 1.78. The van der Waals surface area contributed by atoms with Gasteiger partial charge < -0.3 is 5.32 Å². The van der Waals surface area contributed by atoms with E-state index >= 15 is 0 Å². The summed E-state index contributed by atoms with van der Waals surface area (Å²) in [5.41, 5.74) is 1.67. The van der Waals surface area contributed by atoms with Crippen LogP contribution in [0.25, 0.3) is 10.9 Å². The third-order valence-electron chi connectivity index (χ3n) is 4.45. The summed E-state index contributed by atoms with van der Waals surface area (Å²) >= 11 is 3.62. The third-order valence-corrected chi connectivity index (χ3v) is 5.64. The molecule has 0 unspecified atom stereocenters. The number of pyridine rings is 1. The quantitative estimate of drug-likeness (QED) is 0.852. The zero-order valence-corrected chi connectivity index (χ0v) is 13.5. The first-order valence-corrected chi connectivity index (χ1v) is 8.54. The summed E-state index contributed by atoms with van der Waals surface area (Å²) in [5, 5.41) is 5.07. The second kappa shape index (κ2) is 6.14.